The normalized spacial score (nSPS) is 8.87. The third-order valence-corrected chi connectivity index (χ3v) is 1.12. The van der Waals surface area contributed by atoms with E-state index in [1.807, 2.05) is 0 Å². The van der Waals surface area contributed by atoms with Crippen molar-refractivity contribution in [3.8, 4) is 0 Å². The van der Waals surface area contributed by atoms with Crippen LogP contribution in [0.4, 0.5) is 0 Å². The molecule has 0 radical (unpaired) electrons. The summed E-state index contributed by atoms with van der Waals surface area (Å²) >= 11 is 0. The van der Waals surface area contributed by atoms with Gasteiger partial charge < -0.3 is 15.8 Å². The zero-order valence-corrected chi connectivity index (χ0v) is 10.8. The Morgan fingerprint density at radius 3 is 2.07 bits per heavy atom. The Kier molecular flexibility index (Phi) is 22.4. The molecule has 0 aromatic rings. The van der Waals surface area contributed by atoms with Crippen LogP contribution < -0.4 is 18.9 Å². The topological polar surface area (TPSA) is 46.5 Å². The Hall–Kier alpha value is 0.0274. The number of hydrogen-bond acceptors (Lipinski definition) is 2. The van der Waals surface area contributed by atoms with Gasteiger partial charge in [-0.2, -0.15) is 20.8 Å². The van der Waals surface area contributed by atoms with E-state index in [0.717, 1.165) is 19.3 Å². The standard InChI is InChI=1S/C7H14O3.C4H9.Li/c1-2-3-4-5-10-6-7(8)9;1-4(2)3;/h2-6H2,1H3,(H,8,9);1-3H3;/q;-1;+1. The number of aliphatic carboxylic acids is 1. The Morgan fingerprint density at radius 2 is 1.73 bits per heavy atom. The first-order chi connectivity index (χ1) is 6.50. The molecule has 0 aliphatic rings. The number of ether oxygens (including phenoxy) is 1. The molecule has 0 saturated carbocycles. The monoisotopic (exact) mass is 210 g/mol. The van der Waals surface area contributed by atoms with Crippen LogP contribution in [-0.2, 0) is 9.53 Å². The SMILES string of the molecule is CCCCCOCC(=O)O.C[C-](C)C.[Li+]. The second kappa shape index (κ2) is 16.5. The fraction of sp³-hybridized carbons (Fsp3) is 0.818. The van der Waals surface area contributed by atoms with Crippen molar-refractivity contribution in [1.82, 2.24) is 0 Å². The van der Waals surface area contributed by atoms with E-state index in [1.54, 1.807) is 0 Å². The molecule has 0 bridgehead atoms. The second-order valence-corrected chi connectivity index (χ2v) is 3.65. The molecule has 0 aliphatic carbocycles. The minimum atomic E-state index is -0.892. The van der Waals surface area contributed by atoms with Crippen molar-refractivity contribution >= 4 is 5.97 Å². The Morgan fingerprint density at radius 1 is 1.27 bits per heavy atom. The quantitative estimate of drug-likeness (QED) is 0.378. The summed E-state index contributed by atoms with van der Waals surface area (Å²) in [5, 5.41) is 8.15. The molecule has 0 amide bonds. The average Bonchev–Trinajstić information content (AvgIpc) is 2.02. The van der Waals surface area contributed by atoms with Gasteiger partial charge in [-0.15, -0.1) is 0 Å². The van der Waals surface area contributed by atoms with Gasteiger partial charge in [-0.05, 0) is 6.42 Å². The molecule has 3 nitrogen and oxygen atoms in total. The molecule has 0 heterocycles. The zero-order valence-electron chi connectivity index (χ0n) is 10.8. The van der Waals surface area contributed by atoms with Crippen LogP contribution in [-0.4, -0.2) is 24.3 Å². The summed E-state index contributed by atoms with van der Waals surface area (Å²) in [6, 6.07) is 0. The number of hydrogen-bond donors (Lipinski definition) is 1. The second-order valence-electron chi connectivity index (χ2n) is 3.65. The fourth-order valence-electron chi connectivity index (χ4n) is 0.614. The van der Waals surface area contributed by atoms with Crippen LogP contribution in [0.5, 0.6) is 0 Å². The number of carbonyl (C=O) groups is 1. The maximum atomic E-state index is 9.91. The summed E-state index contributed by atoms with van der Waals surface area (Å²) in [6.45, 7) is 8.75. The van der Waals surface area contributed by atoms with Gasteiger partial charge in [0.15, 0.2) is 0 Å². The van der Waals surface area contributed by atoms with Crippen molar-refractivity contribution < 1.29 is 33.5 Å². The summed E-state index contributed by atoms with van der Waals surface area (Å²) < 4.78 is 4.80. The van der Waals surface area contributed by atoms with E-state index in [2.05, 4.69) is 27.7 Å². The van der Waals surface area contributed by atoms with E-state index >= 15 is 0 Å². The molecule has 1 N–H and O–H groups in total. The average molecular weight is 210 g/mol. The van der Waals surface area contributed by atoms with Gasteiger partial charge in [0.1, 0.15) is 6.61 Å². The van der Waals surface area contributed by atoms with E-state index in [0.29, 0.717) is 6.61 Å². The van der Waals surface area contributed by atoms with Crippen molar-refractivity contribution in [3.63, 3.8) is 0 Å². The van der Waals surface area contributed by atoms with Gasteiger partial charge in [-0.25, -0.2) is 4.79 Å². The summed E-state index contributed by atoms with van der Waals surface area (Å²) in [5.41, 5.74) is 0. The molecule has 0 aliphatic heterocycles. The summed E-state index contributed by atoms with van der Waals surface area (Å²) in [6.07, 6.45) is 3.21. The minimum absolute atomic E-state index is 0. The molecular formula is C11H23LiO3. The maximum Gasteiger partial charge on any atom is 1.00 e. The van der Waals surface area contributed by atoms with Crippen molar-refractivity contribution in [3.05, 3.63) is 5.92 Å². The summed E-state index contributed by atoms with van der Waals surface area (Å²) in [4.78, 5) is 9.91. The molecular weight excluding hydrogens is 187 g/mol. The van der Waals surface area contributed by atoms with E-state index in [9.17, 15) is 4.79 Å². The van der Waals surface area contributed by atoms with Gasteiger partial charge in [0, 0.05) is 6.61 Å². The van der Waals surface area contributed by atoms with Gasteiger partial charge in [-0.1, -0.05) is 19.8 Å². The first-order valence-corrected chi connectivity index (χ1v) is 5.07. The molecule has 0 aromatic carbocycles. The Bertz CT molecular complexity index is 124. The van der Waals surface area contributed by atoms with Crippen LogP contribution >= 0.6 is 0 Å². The molecule has 0 unspecified atom stereocenters. The fourth-order valence-corrected chi connectivity index (χ4v) is 0.614. The summed E-state index contributed by atoms with van der Waals surface area (Å²) in [7, 11) is 0. The first-order valence-electron chi connectivity index (χ1n) is 5.07. The minimum Gasteiger partial charge on any atom is -0.480 e. The van der Waals surface area contributed by atoms with Crippen LogP contribution in [0, 0.1) is 5.92 Å². The van der Waals surface area contributed by atoms with Crippen LogP contribution in [0.15, 0.2) is 0 Å². The first kappa shape index (κ1) is 20.4. The largest absolute Gasteiger partial charge is 1.00 e. The van der Waals surface area contributed by atoms with Gasteiger partial charge >= 0.3 is 24.8 Å². The van der Waals surface area contributed by atoms with Crippen LogP contribution in [0.2, 0.25) is 0 Å². The maximum absolute atomic E-state index is 9.91. The number of carboxylic acids is 1. The van der Waals surface area contributed by atoms with Crippen molar-refractivity contribution in [1.29, 1.82) is 0 Å². The molecule has 86 valence electrons. The number of carboxylic acid groups (broad SMARTS) is 1. The Balaban J connectivity index is -0.000000249. The van der Waals surface area contributed by atoms with Crippen LogP contribution in [0.1, 0.15) is 47.0 Å². The van der Waals surface area contributed by atoms with Crippen LogP contribution in [0.3, 0.4) is 0 Å². The van der Waals surface area contributed by atoms with Gasteiger partial charge in [0.2, 0.25) is 0 Å². The van der Waals surface area contributed by atoms with Gasteiger partial charge in [0.25, 0.3) is 0 Å². The van der Waals surface area contributed by atoms with Crippen molar-refractivity contribution in [2.75, 3.05) is 13.2 Å². The van der Waals surface area contributed by atoms with Crippen molar-refractivity contribution in [2.45, 2.75) is 47.0 Å². The summed E-state index contributed by atoms with van der Waals surface area (Å²) in [5.74, 6) is 0.525. The predicted octanol–water partition coefficient (Wildman–Crippen LogP) is -0.0976. The molecule has 0 saturated heterocycles. The third-order valence-electron chi connectivity index (χ3n) is 1.12. The van der Waals surface area contributed by atoms with E-state index in [4.69, 9.17) is 9.84 Å². The van der Waals surface area contributed by atoms with E-state index in [1.165, 1.54) is 5.92 Å². The molecule has 0 aromatic heterocycles. The number of unbranched alkanes of at least 4 members (excludes halogenated alkanes) is 2. The van der Waals surface area contributed by atoms with E-state index in [-0.39, 0.29) is 25.5 Å². The third kappa shape index (κ3) is 41.1. The number of rotatable bonds is 6. The van der Waals surface area contributed by atoms with Crippen molar-refractivity contribution in [2.24, 2.45) is 0 Å². The predicted molar refractivity (Wildman–Crippen MR) is 58.2 cm³/mol. The molecule has 0 atom stereocenters. The smallest absolute Gasteiger partial charge is 0.480 e. The molecule has 0 rings (SSSR count). The molecule has 0 spiro atoms. The molecule has 15 heavy (non-hydrogen) atoms. The van der Waals surface area contributed by atoms with Crippen LogP contribution in [0.25, 0.3) is 0 Å². The van der Waals surface area contributed by atoms with Gasteiger partial charge in [0.05, 0.1) is 0 Å². The van der Waals surface area contributed by atoms with E-state index < -0.39 is 5.97 Å². The van der Waals surface area contributed by atoms with Gasteiger partial charge in [-0.3, -0.25) is 0 Å². The molecule has 0 fully saturated rings. The Labute approximate surface area is 106 Å². The molecule has 4 heteroatoms. The zero-order chi connectivity index (χ0) is 11.4.